The molecule has 3 nitrogen and oxygen atoms in total. The number of hydrogen-bond acceptors (Lipinski definition) is 3. The smallest absolute Gasteiger partial charge is 0.0494 e. The molecule has 1 fully saturated rings. The van der Waals surface area contributed by atoms with Gasteiger partial charge in [0.25, 0.3) is 0 Å². The van der Waals surface area contributed by atoms with E-state index in [2.05, 4.69) is 27.8 Å². The summed E-state index contributed by atoms with van der Waals surface area (Å²) in [5, 5.41) is 0. The van der Waals surface area contributed by atoms with Crippen LogP contribution in [0.5, 0.6) is 0 Å². The van der Waals surface area contributed by atoms with Crippen molar-refractivity contribution < 1.29 is 4.74 Å². The molecule has 1 aromatic heterocycles. The first-order valence-electron chi connectivity index (χ1n) is 6.10. The monoisotopic (exact) mass is 298 g/mol. The van der Waals surface area contributed by atoms with E-state index in [0.29, 0.717) is 11.8 Å². The number of hydrogen-bond donors (Lipinski definition) is 1. The van der Waals surface area contributed by atoms with Gasteiger partial charge in [0.1, 0.15) is 0 Å². The molecule has 0 aliphatic carbocycles. The molecule has 94 valence electrons. The number of pyridine rings is 1. The normalized spacial score (nSPS) is 26.8. The highest BCUT2D eigenvalue weighted by atomic mass is 79.9. The Morgan fingerprint density at radius 3 is 3.06 bits per heavy atom. The molecule has 2 N–H and O–H groups in total. The van der Waals surface area contributed by atoms with Crippen molar-refractivity contribution in [2.45, 2.75) is 25.8 Å². The molecule has 0 spiro atoms. The van der Waals surface area contributed by atoms with Crippen LogP contribution in [0.15, 0.2) is 22.8 Å². The first-order chi connectivity index (χ1) is 8.16. The van der Waals surface area contributed by atoms with Crippen LogP contribution in [-0.2, 0) is 11.2 Å². The number of nitrogens with two attached hydrogens (primary N) is 1. The molecule has 0 radical (unpaired) electrons. The molecule has 0 amide bonds. The average molecular weight is 299 g/mol. The van der Waals surface area contributed by atoms with Gasteiger partial charge in [-0.05, 0) is 46.3 Å². The van der Waals surface area contributed by atoms with Gasteiger partial charge >= 0.3 is 0 Å². The van der Waals surface area contributed by atoms with Gasteiger partial charge in [0, 0.05) is 42.0 Å². The third kappa shape index (κ3) is 3.50. The Labute approximate surface area is 111 Å². The number of halogens is 1. The number of nitrogens with zero attached hydrogens (tertiary/aromatic N) is 1. The van der Waals surface area contributed by atoms with E-state index < -0.39 is 0 Å². The van der Waals surface area contributed by atoms with Gasteiger partial charge in [-0.2, -0.15) is 0 Å². The third-order valence-electron chi connectivity index (χ3n) is 3.49. The molecule has 2 rings (SSSR count). The van der Waals surface area contributed by atoms with Crippen LogP contribution in [0.2, 0.25) is 0 Å². The summed E-state index contributed by atoms with van der Waals surface area (Å²) in [5.41, 5.74) is 7.37. The number of rotatable bonds is 3. The molecule has 1 aliphatic rings. The van der Waals surface area contributed by atoms with Crippen LogP contribution < -0.4 is 5.73 Å². The summed E-state index contributed by atoms with van der Waals surface area (Å²) in [6.07, 6.45) is 3.75. The Morgan fingerprint density at radius 1 is 1.59 bits per heavy atom. The van der Waals surface area contributed by atoms with E-state index in [-0.39, 0.29) is 6.04 Å². The summed E-state index contributed by atoms with van der Waals surface area (Å²) >= 11 is 3.39. The van der Waals surface area contributed by atoms with Crippen molar-refractivity contribution in [3.8, 4) is 0 Å². The molecule has 1 aliphatic heterocycles. The van der Waals surface area contributed by atoms with Gasteiger partial charge in [0.2, 0.25) is 0 Å². The molecule has 0 bridgehead atoms. The summed E-state index contributed by atoms with van der Waals surface area (Å²) in [6.45, 7) is 3.90. The molecule has 17 heavy (non-hydrogen) atoms. The molecule has 0 saturated carbocycles. The lowest BCUT2D eigenvalue weighted by atomic mass is 9.82. The van der Waals surface area contributed by atoms with E-state index in [1.54, 1.807) is 0 Å². The second-order valence-electron chi connectivity index (χ2n) is 4.84. The van der Waals surface area contributed by atoms with Gasteiger partial charge in [0.15, 0.2) is 0 Å². The summed E-state index contributed by atoms with van der Waals surface area (Å²) in [6, 6.07) is 4.23. The van der Waals surface area contributed by atoms with Gasteiger partial charge in [-0.3, -0.25) is 4.98 Å². The standard InChI is InChI=1S/C13H19BrN2O/c1-9-8-17-5-4-12(9)13(15)6-11-3-2-10(14)7-16-11/h2-3,7,9,12-13H,4-6,8,15H2,1H3. The zero-order chi connectivity index (χ0) is 12.3. The minimum absolute atomic E-state index is 0.183. The van der Waals surface area contributed by atoms with Crippen LogP contribution >= 0.6 is 15.9 Å². The zero-order valence-electron chi connectivity index (χ0n) is 10.1. The summed E-state index contributed by atoms with van der Waals surface area (Å²) < 4.78 is 6.46. The lowest BCUT2D eigenvalue weighted by Crippen LogP contribution is -2.41. The maximum atomic E-state index is 6.30. The Hall–Kier alpha value is -0.450. The van der Waals surface area contributed by atoms with Gasteiger partial charge < -0.3 is 10.5 Å². The number of ether oxygens (including phenoxy) is 1. The minimum atomic E-state index is 0.183. The van der Waals surface area contributed by atoms with Gasteiger partial charge in [-0.25, -0.2) is 0 Å². The van der Waals surface area contributed by atoms with E-state index in [9.17, 15) is 0 Å². The van der Waals surface area contributed by atoms with Gasteiger partial charge in [0.05, 0.1) is 0 Å². The fourth-order valence-electron chi connectivity index (χ4n) is 2.45. The van der Waals surface area contributed by atoms with Gasteiger partial charge in [-0.1, -0.05) is 6.92 Å². The van der Waals surface area contributed by atoms with E-state index in [4.69, 9.17) is 10.5 Å². The zero-order valence-corrected chi connectivity index (χ0v) is 11.7. The Morgan fingerprint density at radius 2 is 2.41 bits per heavy atom. The molecule has 3 unspecified atom stereocenters. The minimum Gasteiger partial charge on any atom is -0.381 e. The predicted octanol–water partition coefficient (Wildman–Crippen LogP) is 2.39. The van der Waals surface area contributed by atoms with E-state index >= 15 is 0 Å². The molecule has 0 aromatic carbocycles. The van der Waals surface area contributed by atoms with Crippen molar-refractivity contribution in [1.82, 2.24) is 4.98 Å². The predicted molar refractivity (Wildman–Crippen MR) is 71.7 cm³/mol. The first kappa shape index (κ1) is 13.0. The van der Waals surface area contributed by atoms with Crippen LogP contribution in [0.4, 0.5) is 0 Å². The third-order valence-corrected chi connectivity index (χ3v) is 3.96. The second-order valence-corrected chi connectivity index (χ2v) is 5.76. The quantitative estimate of drug-likeness (QED) is 0.932. The molecule has 1 aromatic rings. The van der Waals surface area contributed by atoms with Crippen molar-refractivity contribution in [1.29, 1.82) is 0 Å². The van der Waals surface area contributed by atoms with Crippen molar-refractivity contribution in [2.75, 3.05) is 13.2 Å². The molecule has 3 atom stereocenters. The molecular formula is C13H19BrN2O. The van der Waals surface area contributed by atoms with Crippen LogP contribution in [0, 0.1) is 11.8 Å². The van der Waals surface area contributed by atoms with Crippen LogP contribution in [0.3, 0.4) is 0 Å². The highest BCUT2D eigenvalue weighted by molar-refractivity contribution is 9.10. The average Bonchev–Trinajstić information content (AvgIpc) is 2.32. The topological polar surface area (TPSA) is 48.1 Å². The summed E-state index contributed by atoms with van der Waals surface area (Å²) in [5.74, 6) is 1.10. The highest BCUT2D eigenvalue weighted by Gasteiger charge is 2.27. The Bertz CT molecular complexity index is 355. The van der Waals surface area contributed by atoms with Crippen molar-refractivity contribution in [2.24, 2.45) is 17.6 Å². The second kappa shape index (κ2) is 5.94. The van der Waals surface area contributed by atoms with E-state index in [1.807, 2.05) is 18.3 Å². The lowest BCUT2D eigenvalue weighted by molar-refractivity contribution is 0.0156. The van der Waals surface area contributed by atoms with E-state index in [0.717, 1.165) is 36.2 Å². The maximum absolute atomic E-state index is 6.30. The molecular weight excluding hydrogens is 280 g/mol. The van der Waals surface area contributed by atoms with Crippen LogP contribution in [-0.4, -0.2) is 24.2 Å². The van der Waals surface area contributed by atoms with Crippen LogP contribution in [0.25, 0.3) is 0 Å². The van der Waals surface area contributed by atoms with Crippen LogP contribution in [0.1, 0.15) is 19.0 Å². The fraction of sp³-hybridized carbons (Fsp3) is 0.615. The number of aromatic nitrogens is 1. The SMILES string of the molecule is CC1COCCC1C(N)Cc1ccc(Br)cn1. The largest absolute Gasteiger partial charge is 0.381 e. The molecule has 2 heterocycles. The summed E-state index contributed by atoms with van der Waals surface area (Å²) in [7, 11) is 0. The van der Waals surface area contributed by atoms with Crippen molar-refractivity contribution >= 4 is 15.9 Å². The fourth-order valence-corrected chi connectivity index (χ4v) is 2.69. The lowest BCUT2D eigenvalue weighted by Gasteiger charge is -2.33. The Balaban J connectivity index is 1.95. The van der Waals surface area contributed by atoms with E-state index in [1.165, 1.54) is 0 Å². The maximum Gasteiger partial charge on any atom is 0.0494 e. The van der Waals surface area contributed by atoms with Crippen molar-refractivity contribution in [3.63, 3.8) is 0 Å². The molecule has 4 heteroatoms. The Kier molecular flexibility index (Phi) is 4.54. The van der Waals surface area contributed by atoms with Gasteiger partial charge in [-0.15, -0.1) is 0 Å². The van der Waals surface area contributed by atoms with Crippen molar-refractivity contribution in [3.05, 3.63) is 28.5 Å². The molecule has 1 saturated heterocycles. The summed E-state index contributed by atoms with van der Waals surface area (Å²) in [4.78, 5) is 4.38. The highest BCUT2D eigenvalue weighted by Crippen LogP contribution is 2.25. The first-order valence-corrected chi connectivity index (χ1v) is 6.90.